The highest BCUT2D eigenvalue weighted by Crippen LogP contribution is 2.24. The maximum atomic E-state index is 13.0. The van der Waals surface area contributed by atoms with Crippen LogP contribution in [0.5, 0.6) is 0 Å². The van der Waals surface area contributed by atoms with Gasteiger partial charge in [0.25, 0.3) is 11.8 Å². The second kappa shape index (κ2) is 8.22. The lowest BCUT2D eigenvalue weighted by atomic mass is 9.89. The van der Waals surface area contributed by atoms with Crippen LogP contribution in [0.1, 0.15) is 58.4 Å². The maximum absolute atomic E-state index is 13.0. The number of nitrogens with one attached hydrogen (secondary N) is 1. The van der Waals surface area contributed by atoms with Crippen molar-refractivity contribution in [2.45, 2.75) is 32.6 Å². The lowest BCUT2D eigenvalue weighted by Crippen LogP contribution is -2.19. The van der Waals surface area contributed by atoms with Crippen molar-refractivity contribution in [3.05, 3.63) is 89.0 Å². The summed E-state index contributed by atoms with van der Waals surface area (Å²) in [6.07, 6.45) is 3.66. The van der Waals surface area contributed by atoms with Crippen molar-refractivity contribution in [3.63, 3.8) is 0 Å². The Labute approximate surface area is 170 Å². The first-order chi connectivity index (χ1) is 13.7. The fourth-order valence-electron chi connectivity index (χ4n) is 2.92. The zero-order valence-electron chi connectivity index (χ0n) is 16.8. The molecule has 0 spiro atoms. The van der Waals surface area contributed by atoms with Gasteiger partial charge in [-0.05, 0) is 35.7 Å². The van der Waals surface area contributed by atoms with E-state index in [1.807, 2.05) is 36.4 Å². The van der Waals surface area contributed by atoms with Crippen LogP contribution in [-0.4, -0.2) is 21.8 Å². The molecule has 0 aliphatic rings. The van der Waals surface area contributed by atoms with E-state index in [0.717, 1.165) is 16.8 Å². The summed E-state index contributed by atoms with van der Waals surface area (Å²) in [7, 11) is 0. The van der Waals surface area contributed by atoms with E-state index in [1.165, 1.54) is 12.3 Å². The van der Waals surface area contributed by atoms with E-state index < -0.39 is 5.91 Å². The van der Waals surface area contributed by atoms with Crippen LogP contribution in [0.3, 0.4) is 0 Å². The van der Waals surface area contributed by atoms with Crippen molar-refractivity contribution in [2.24, 2.45) is 5.73 Å². The number of anilines is 1. The third-order valence-corrected chi connectivity index (χ3v) is 4.51. The van der Waals surface area contributed by atoms with Crippen LogP contribution in [-0.2, 0) is 11.8 Å². The first-order valence-corrected chi connectivity index (χ1v) is 9.34. The molecule has 148 valence electrons. The molecule has 6 nitrogen and oxygen atoms in total. The molecule has 0 fully saturated rings. The normalized spacial score (nSPS) is 11.1. The van der Waals surface area contributed by atoms with E-state index in [9.17, 15) is 9.59 Å². The zero-order valence-corrected chi connectivity index (χ0v) is 16.8. The van der Waals surface area contributed by atoms with Crippen LogP contribution in [0.25, 0.3) is 0 Å². The molecule has 2 heterocycles. The molecule has 6 heteroatoms. The maximum Gasteiger partial charge on any atom is 0.267 e. The number of amides is 2. The minimum Gasteiger partial charge on any atom is -0.364 e. The van der Waals surface area contributed by atoms with Gasteiger partial charge in [-0.1, -0.05) is 51.1 Å². The number of primary amides is 1. The van der Waals surface area contributed by atoms with Crippen molar-refractivity contribution in [1.82, 2.24) is 9.97 Å². The van der Waals surface area contributed by atoms with Crippen LogP contribution in [0.2, 0.25) is 0 Å². The predicted octanol–water partition coefficient (Wildman–Crippen LogP) is 3.72. The number of pyridine rings is 2. The predicted molar refractivity (Wildman–Crippen MR) is 113 cm³/mol. The Morgan fingerprint density at radius 1 is 1.03 bits per heavy atom. The van der Waals surface area contributed by atoms with Gasteiger partial charge in [-0.25, -0.2) is 0 Å². The quantitative estimate of drug-likeness (QED) is 0.696. The standard InChI is InChI=1S/C23H24N4O2/c1-23(2,3)20-12-16(11-15-7-5-4-6-8-15)18(14-26-20)22(29)27-17-9-10-25-19(13-17)21(24)28/h4-10,12-14H,11H2,1-3H3,(H2,24,28)(H,25,27,29). The SMILES string of the molecule is CC(C)(C)c1cc(Cc2ccccc2)c(C(=O)Nc2ccnc(C(N)=O)c2)cn1. The zero-order chi connectivity index (χ0) is 21.0. The third kappa shape index (κ3) is 5.04. The minimum atomic E-state index is -0.651. The Bertz CT molecular complexity index is 1040. The molecule has 3 aromatic rings. The molecule has 0 atom stereocenters. The average molecular weight is 388 g/mol. The number of hydrogen-bond donors (Lipinski definition) is 2. The van der Waals surface area contributed by atoms with Crippen LogP contribution in [0, 0.1) is 0 Å². The van der Waals surface area contributed by atoms with Gasteiger partial charge in [-0.3, -0.25) is 19.6 Å². The number of carbonyl (C=O) groups excluding carboxylic acids is 2. The second-order valence-corrected chi connectivity index (χ2v) is 7.89. The first kappa shape index (κ1) is 20.2. The number of nitrogens with zero attached hydrogens (tertiary/aromatic N) is 2. The second-order valence-electron chi connectivity index (χ2n) is 7.89. The van der Waals surface area contributed by atoms with E-state index >= 15 is 0 Å². The van der Waals surface area contributed by atoms with E-state index in [-0.39, 0.29) is 17.0 Å². The average Bonchev–Trinajstić information content (AvgIpc) is 2.68. The molecule has 2 amide bonds. The van der Waals surface area contributed by atoms with E-state index in [0.29, 0.717) is 17.7 Å². The fourth-order valence-corrected chi connectivity index (χ4v) is 2.92. The van der Waals surface area contributed by atoms with Crippen LogP contribution < -0.4 is 11.1 Å². The molecule has 0 aliphatic heterocycles. The highest BCUT2D eigenvalue weighted by molar-refractivity contribution is 6.05. The largest absolute Gasteiger partial charge is 0.364 e. The highest BCUT2D eigenvalue weighted by atomic mass is 16.2. The number of hydrogen-bond acceptors (Lipinski definition) is 4. The van der Waals surface area contributed by atoms with Gasteiger partial charge >= 0.3 is 0 Å². The number of nitrogens with two attached hydrogens (primary N) is 1. The summed E-state index contributed by atoms with van der Waals surface area (Å²) >= 11 is 0. The van der Waals surface area contributed by atoms with Crippen molar-refractivity contribution >= 4 is 17.5 Å². The van der Waals surface area contributed by atoms with Crippen molar-refractivity contribution in [1.29, 1.82) is 0 Å². The summed E-state index contributed by atoms with van der Waals surface area (Å²) in [4.78, 5) is 32.7. The first-order valence-electron chi connectivity index (χ1n) is 9.34. The number of aromatic nitrogens is 2. The molecule has 0 radical (unpaired) electrons. The lowest BCUT2D eigenvalue weighted by Gasteiger charge is -2.20. The number of carbonyl (C=O) groups is 2. The molecule has 3 rings (SSSR count). The van der Waals surface area contributed by atoms with Crippen molar-refractivity contribution in [2.75, 3.05) is 5.32 Å². The van der Waals surface area contributed by atoms with Gasteiger partial charge in [-0.2, -0.15) is 0 Å². The summed E-state index contributed by atoms with van der Waals surface area (Å²) in [6.45, 7) is 6.26. The van der Waals surface area contributed by atoms with E-state index in [1.54, 1.807) is 12.3 Å². The third-order valence-electron chi connectivity index (χ3n) is 4.51. The summed E-state index contributed by atoms with van der Waals surface area (Å²) in [5, 5.41) is 2.81. The molecule has 1 aromatic carbocycles. The molecule has 0 unspecified atom stereocenters. The topological polar surface area (TPSA) is 98.0 Å². The highest BCUT2D eigenvalue weighted by Gasteiger charge is 2.20. The summed E-state index contributed by atoms with van der Waals surface area (Å²) in [5.74, 6) is -0.951. The summed E-state index contributed by atoms with van der Waals surface area (Å²) in [6, 6.07) is 15.0. The molecule has 29 heavy (non-hydrogen) atoms. The molecule has 2 aromatic heterocycles. The van der Waals surface area contributed by atoms with Crippen molar-refractivity contribution < 1.29 is 9.59 Å². The smallest absolute Gasteiger partial charge is 0.267 e. The molecular weight excluding hydrogens is 364 g/mol. The fraction of sp³-hybridized carbons (Fsp3) is 0.217. The van der Waals surface area contributed by atoms with Gasteiger partial charge < -0.3 is 11.1 Å². The molecule has 3 N–H and O–H groups in total. The Balaban J connectivity index is 1.95. The Morgan fingerprint density at radius 3 is 2.41 bits per heavy atom. The van der Waals surface area contributed by atoms with Gasteiger partial charge in [-0.15, -0.1) is 0 Å². The Kier molecular flexibility index (Phi) is 5.73. The van der Waals surface area contributed by atoms with Gasteiger partial charge in [0.1, 0.15) is 5.69 Å². The summed E-state index contributed by atoms with van der Waals surface area (Å²) in [5.41, 5.74) is 9.06. The number of rotatable bonds is 5. The minimum absolute atomic E-state index is 0.0912. The van der Waals surface area contributed by atoms with Gasteiger partial charge in [0.15, 0.2) is 0 Å². The van der Waals surface area contributed by atoms with Gasteiger partial charge in [0, 0.05) is 29.2 Å². The van der Waals surface area contributed by atoms with Crippen LogP contribution >= 0.6 is 0 Å². The van der Waals surface area contributed by atoms with E-state index in [2.05, 4.69) is 36.1 Å². The molecule has 0 bridgehead atoms. The van der Waals surface area contributed by atoms with Crippen molar-refractivity contribution in [3.8, 4) is 0 Å². The van der Waals surface area contributed by atoms with E-state index in [4.69, 9.17) is 5.73 Å². The molecule has 0 saturated carbocycles. The molecule has 0 aliphatic carbocycles. The Morgan fingerprint density at radius 2 is 1.76 bits per heavy atom. The monoisotopic (exact) mass is 388 g/mol. The number of benzene rings is 1. The van der Waals surface area contributed by atoms with Crippen LogP contribution in [0.15, 0.2) is 60.9 Å². The lowest BCUT2D eigenvalue weighted by molar-refractivity contribution is 0.0992. The molecular formula is C23H24N4O2. The molecule has 0 saturated heterocycles. The van der Waals surface area contributed by atoms with Gasteiger partial charge in [0.2, 0.25) is 0 Å². The summed E-state index contributed by atoms with van der Waals surface area (Å²) < 4.78 is 0. The van der Waals surface area contributed by atoms with Gasteiger partial charge in [0.05, 0.1) is 5.56 Å². The van der Waals surface area contributed by atoms with Crippen LogP contribution in [0.4, 0.5) is 5.69 Å². The Hall–Kier alpha value is -3.54.